The third-order valence-corrected chi connectivity index (χ3v) is 3.48. The van der Waals surface area contributed by atoms with Crippen LogP contribution in [0.1, 0.15) is 0 Å². The van der Waals surface area contributed by atoms with Crippen molar-refractivity contribution in [3.63, 3.8) is 0 Å². The molecule has 1 heterocycles. The van der Waals surface area contributed by atoms with E-state index in [1.54, 1.807) is 0 Å². The van der Waals surface area contributed by atoms with Crippen molar-refractivity contribution in [1.29, 1.82) is 0 Å². The maximum absolute atomic E-state index is 2.22. The summed E-state index contributed by atoms with van der Waals surface area (Å²) in [7, 11) is 6.25. The molecule has 0 aliphatic heterocycles. The molecule has 0 fully saturated rings. The highest BCUT2D eigenvalue weighted by Gasteiger charge is 2.15. The van der Waals surface area contributed by atoms with Crippen molar-refractivity contribution >= 4 is 26.7 Å². The Hall–Kier alpha value is -0.360. The van der Waals surface area contributed by atoms with Gasteiger partial charge in [-0.2, -0.15) is 0 Å². The number of rotatable bonds is 1. The number of aromatic nitrogens is 1. The summed E-state index contributed by atoms with van der Waals surface area (Å²) in [6.07, 6.45) is 0. The van der Waals surface area contributed by atoms with Gasteiger partial charge in [0, 0.05) is 0 Å². The second-order valence-electron chi connectivity index (χ2n) is 3.31. The summed E-state index contributed by atoms with van der Waals surface area (Å²) in [4.78, 5) is 2.14. The molecule has 76 valence electrons. The van der Waals surface area contributed by atoms with Gasteiger partial charge in [0.15, 0.2) is 0 Å². The zero-order valence-corrected chi connectivity index (χ0v) is 11.5. The molecule has 2 nitrogen and oxygen atoms in total. The molecule has 0 spiro atoms. The average Bonchev–Trinajstić information content (AvgIpc) is 2.45. The van der Waals surface area contributed by atoms with E-state index in [4.69, 9.17) is 0 Å². The van der Waals surface area contributed by atoms with Gasteiger partial charge in [0.05, 0.1) is 25.8 Å². The fourth-order valence-electron chi connectivity index (χ4n) is 1.48. The Kier molecular flexibility index (Phi) is 3.71. The molecule has 0 atom stereocenters. The van der Waals surface area contributed by atoms with Crippen LogP contribution in [-0.4, -0.2) is 14.1 Å². The number of hydrogen-bond donors (Lipinski definition) is 0. The lowest BCUT2D eigenvalue weighted by Gasteiger charge is -2.00. The predicted octanol–water partition coefficient (Wildman–Crippen LogP) is -1.20. The Morgan fingerprint density at radius 1 is 1.21 bits per heavy atom. The Morgan fingerprint density at radius 2 is 1.86 bits per heavy atom. The van der Waals surface area contributed by atoms with Crippen molar-refractivity contribution in [2.24, 2.45) is 7.05 Å². The number of fused-ring (bicyclic) bond motifs is 1. The Bertz CT molecular complexity index is 437. The molecule has 0 aliphatic carbocycles. The van der Waals surface area contributed by atoms with Crippen molar-refractivity contribution in [3.8, 4) is 0 Å². The number of aryl methyl sites for hydroxylation is 1. The molecule has 1 aromatic heterocycles. The van der Waals surface area contributed by atoms with Crippen LogP contribution < -0.4 is 33.4 Å². The summed E-state index contributed by atoms with van der Waals surface area (Å²) in [6.45, 7) is 0. The van der Waals surface area contributed by atoms with E-state index in [9.17, 15) is 0 Å². The second kappa shape index (κ2) is 4.44. The van der Waals surface area contributed by atoms with E-state index in [2.05, 4.69) is 54.9 Å². The maximum Gasteiger partial charge on any atom is 0.336 e. The van der Waals surface area contributed by atoms with Gasteiger partial charge in [-0.15, -0.1) is 0 Å². The number of benzene rings is 1. The van der Waals surface area contributed by atoms with Crippen LogP contribution in [0.3, 0.4) is 0 Å². The van der Waals surface area contributed by atoms with Crippen LogP contribution in [0.15, 0.2) is 24.3 Å². The van der Waals surface area contributed by atoms with Gasteiger partial charge in [0.1, 0.15) is 5.52 Å². The van der Waals surface area contributed by atoms with Gasteiger partial charge in [-0.25, -0.2) is 4.57 Å². The van der Waals surface area contributed by atoms with E-state index in [-0.39, 0.29) is 24.0 Å². The standard InChI is InChI=1S/C10H13N2S.HI/c1-11(2)10-12(3)8-6-4-5-7-9(8)13-10;/h4-7H,1-3H3;1H/q+1;/p-1. The lowest BCUT2D eigenvalue weighted by Crippen LogP contribution is -3.00. The summed E-state index contributed by atoms with van der Waals surface area (Å²) >= 11 is 1.82. The monoisotopic (exact) mass is 320 g/mol. The summed E-state index contributed by atoms with van der Waals surface area (Å²) in [5.41, 5.74) is 1.30. The van der Waals surface area contributed by atoms with E-state index in [1.807, 2.05) is 11.3 Å². The lowest BCUT2D eigenvalue weighted by atomic mass is 10.3. The van der Waals surface area contributed by atoms with Crippen molar-refractivity contribution in [2.45, 2.75) is 0 Å². The van der Waals surface area contributed by atoms with E-state index < -0.39 is 0 Å². The number of hydrogen-bond acceptors (Lipinski definition) is 2. The molecule has 0 saturated carbocycles. The number of halogens is 1. The summed E-state index contributed by atoms with van der Waals surface area (Å²) < 4.78 is 3.56. The molecule has 2 aromatic rings. The van der Waals surface area contributed by atoms with Crippen molar-refractivity contribution in [2.75, 3.05) is 19.0 Å². The zero-order valence-electron chi connectivity index (χ0n) is 8.49. The summed E-state index contributed by atoms with van der Waals surface area (Å²) in [6, 6.07) is 8.47. The van der Waals surface area contributed by atoms with E-state index in [0.717, 1.165) is 0 Å². The largest absolute Gasteiger partial charge is 1.00 e. The minimum Gasteiger partial charge on any atom is -1.00 e. The van der Waals surface area contributed by atoms with Crippen LogP contribution in [0.25, 0.3) is 10.2 Å². The molecule has 0 N–H and O–H groups in total. The Morgan fingerprint density at radius 3 is 2.43 bits per heavy atom. The van der Waals surface area contributed by atoms with Gasteiger partial charge in [-0.05, 0) is 23.5 Å². The molecule has 14 heavy (non-hydrogen) atoms. The van der Waals surface area contributed by atoms with Gasteiger partial charge < -0.3 is 24.0 Å². The molecule has 0 radical (unpaired) electrons. The predicted molar refractivity (Wildman–Crippen MR) is 57.3 cm³/mol. The average molecular weight is 320 g/mol. The maximum atomic E-state index is 2.22. The highest BCUT2D eigenvalue weighted by Crippen LogP contribution is 2.24. The van der Waals surface area contributed by atoms with Gasteiger partial charge in [-0.3, -0.25) is 4.90 Å². The molecule has 4 heteroatoms. The first-order valence-corrected chi connectivity index (χ1v) is 5.06. The number of thiazole rings is 1. The molecule has 0 bridgehead atoms. The fraction of sp³-hybridized carbons (Fsp3) is 0.300. The van der Waals surface area contributed by atoms with Crippen LogP contribution in [0.4, 0.5) is 5.13 Å². The van der Waals surface area contributed by atoms with Crippen molar-refractivity contribution in [3.05, 3.63) is 24.3 Å². The van der Waals surface area contributed by atoms with Gasteiger partial charge in [0.25, 0.3) is 0 Å². The second-order valence-corrected chi connectivity index (χ2v) is 4.31. The minimum absolute atomic E-state index is 0. The zero-order chi connectivity index (χ0) is 9.42. The molecule has 0 unspecified atom stereocenters. The molecule has 0 aliphatic rings. The number of para-hydroxylation sites is 1. The van der Waals surface area contributed by atoms with Crippen LogP contribution >= 0.6 is 11.3 Å². The number of nitrogens with zero attached hydrogens (tertiary/aromatic N) is 2. The van der Waals surface area contributed by atoms with Crippen molar-refractivity contribution in [1.82, 2.24) is 0 Å². The van der Waals surface area contributed by atoms with Crippen molar-refractivity contribution < 1.29 is 28.5 Å². The molecular formula is C10H13IN2S. The quantitative estimate of drug-likeness (QED) is 0.473. The SMILES string of the molecule is CN(C)c1sc2ccccc2[n+]1C.[I-]. The third kappa shape index (κ3) is 1.86. The normalized spacial score (nSPS) is 9.93. The van der Waals surface area contributed by atoms with Gasteiger partial charge in [0.2, 0.25) is 0 Å². The highest BCUT2D eigenvalue weighted by atomic mass is 127. The molecule has 2 rings (SSSR count). The van der Waals surface area contributed by atoms with Crippen LogP contribution in [-0.2, 0) is 7.05 Å². The van der Waals surface area contributed by atoms with Crippen LogP contribution in [0, 0.1) is 0 Å². The lowest BCUT2D eigenvalue weighted by molar-refractivity contribution is -0.628. The van der Waals surface area contributed by atoms with E-state index in [0.29, 0.717) is 0 Å². The first-order chi connectivity index (χ1) is 6.20. The third-order valence-electron chi connectivity index (χ3n) is 2.10. The van der Waals surface area contributed by atoms with E-state index >= 15 is 0 Å². The minimum atomic E-state index is 0. The molecular weight excluding hydrogens is 307 g/mol. The summed E-state index contributed by atoms with van der Waals surface area (Å²) in [5, 5.41) is 1.28. The molecule has 0 amide bonds. The van der Waals surface area contributed by atoms with Crippen LogP contribution in [0.2, 0.25) is 0 Å². The first kappa shape index (κ1) is 11.7. The molecule has 1 aromatic carbocycles. The van der Waals surface area contributed by atoms with E-state index in [1.165, 1.54) is 15.3 Å². The van der Waals surface area contributed by atoms with Gasteiger partial charge in [-0.1, -0.05) is 12.1 Å². The molecule has 0 saturated heterocycles. The highest BCUT2D eigenvalue weighted by molar-refractivity contribution is 7.21. The topological polar surface area (TPSA) is 7.12 Å². The first-order valence-electron chi connectivity index (χ1n) is 4.25. The smallest absolute Gasteiger partial charge is 0.336 e. The van der Waals surface area contributed by atoms with Gasteiger partial charge >= 0.3 is 5.13 Å². The Labute approximate surface area is 105 Å². The number of anilines is 1. The van der Waals surface area contributed by atoms with Crippen LogP contribution in [0.5, 0.6) is 0 Å². The Balaban J connectivity index is 0.000000980. The summed E-state index contributed by atoms with van der Waals surface area (Å²) in [5.74, 6) is 0. The fourth-order valence-corrected chi connectivity index (χ4v) is 2.55.